The van der Waals surface area contributed by atoms with Crippen molar-refractivity contribution in [3.8, 4) is 90.6 Å². The molecule has 10 aromatic carbocycles. The molecule has 0 spiro atoms. The van der Waals surface area contributed by atoms with E-state index in [1.54, 1.807) is 0 Å². The highest BCUT2D eigenvalue weighted by molar-refractivity contribution is 5.79. The smallest absolute Gasteiger partial charge is 0.164 e. The SMILES string of the molecule is CC1(C)c2ccccc2C(c2cccc(-c3cccc(-c4nc(-c5ccccc5)nc(-c5ccccc5)n4)c3)c2)(c2cccc(-c3cccc(-c4nc(-c5ccccc5)nc(-c5ccccc5)n4)c3)c2)c2ccccc21. The molecule has 0 bridgehead atoms. The van der Waals surface area contributed by atoms with Gasteiger partial charge in [0.1, 0.15) is 0 Å². The lowest BCUT2D eigenvalue weighted by Crippen LogP contribution is -2.41. The van der Waals surface area contributed by atoms with Gasteiger partial charge in [0.25, 0.3) is 0 Å². The van der Waals surface area contributed by atoms with Gasteiger partial charge >= 0.3 is 0 Å². The van der Waals surface area contributed by atoms with Crippen molar-refractivity contribution in [1.82, 2.24) is 29.9 Å². The van der Waals surface area contributed by atoms with E-state index in [4.69, 9.17) is 29.9 Å². The molecule has 0 saturated carbocycles. The molecule has 13 rings (SSSR count). The molecule has 6 heteroatoms. The van der Waals surface area contributed by atoms with Crippen LogP contribution in [0.4, 0.5) is 0 Å². The summed E-state index contributed by atoms with van der Waals surface area (Å²) in [5, 5.41) is 0. The van der Waals surface area contributed by atoms with Crippen molar-refractivity contribution in [1.29, 1.82) is 0 Å². The Bertz CT molecular complexity index is 3700. The molecule has 76 heavy (non-hydrogen) atoms. The van der Waals surface area contributed by atoms with Gasteiger partial charge in [0.05, 0.1) is 5.41 Å². The first-order valence-electron chi connectivity index (χ1n) is 25.8. The average molecular weight is 975 g/mol. The topological polar surface area (TPSA) is 77.3 Å². The van der Waals surface area contributed by atoms with E-state index in [-0.39, 0.29) is 5.41 Å². The number of nitrogens with zero attached hydrogens (tertiary/aromatic N) is 6. The van der Waals surface area contributed by atoms with Crippen molar-refractivity contribution in [3.05, 3.63) is 300 Å². The molecule has 0 saturated heterocycles. The number of hydrogen-bond donors (Lipinski definition) is 0. The van der Waals surface area contributed by atoms with Crippen LogP contribution in [0.5, 0.6) is 0 Å². The summed E-state index contributed by atoms with van der Waals surface area (Å²) in [5.41, 5.74) is 16.3. The fraction of sp³-hybridized carbons (Fsp3) is 0.0571. The molecule has 2 aromatic heterocycles. The van der Waals surface area contributed by atoms with Crippen LogP contribution in [0.15, 0.2) is 267 Å². The molecule has 0 amide bonds. The largest absolute Gasteiger partial charge is 0.208 e. The van der Waals surface area contributed by atoms with Gasteiger partial charge in [-0.1, -0.05) is 257 Å². The fourth-order valence-electron chi connectivity index (χ4n) is 11.2. The molecule has 0 N–H and O–H groups in total. The van der Waals surface area contributed by atoms with E-state index in [1.165, 1.54) is 33.4 Å². The van der Waals surface area contributed by atoms with E-state index in [2.05, 4.69) is 159 Å². The molecule has 0 unspecified atom stereocenters. The lowest BCUT2D eigenvalue weighted by Gasteiger charge is -2.48. The van der Waals surface area contributed by atoms with Crippen molar-refractivity contribution in [2.75, 3.05) is 0 Å². The molecule has 0 atom stereocenters. The predicted molar refractivity (Wildman–Crippen MR) is 307 cm³/mol. The van der Waals surface area contributed by atoms with Crippen LogP contribution < -0.4 is 0 Å². The molecule has 360 valence electrons. The molecule has 2 heterocycles. The van der Waals surface area contributed by atoms with Crippen LogP contribution in [0.1, 0.15) is 47.2 Å². The molecule has 1 aliphatic rings. The van der Waals surface area contributed by atoms with Crippen LogP contribution in [-0.4, -0.2) is 29.9 Å². The first-order chi connectivity index (χ1) is 37.4. The number of benzene rings is 10. The molecule has 0 fully saturated rings. The summed E-state index contributed by atoms with van der Waals surface area (Å²) in [4.78, 5) is 30.3. The van der Waals surface area contributed by atoms with Gasteiger partial charge in [0.2, 0.25) is 0 Å². The molecular formula is C70H50N6. The Morgan fingerprint density at radius 3 is 0.776 bits per heavy atom. The van der Waals surface area contributed by atoms with E-state index < -0.39 is 5.41 Å². The van der Waals surface area contributed by atoms with Gasteiger partial charge < -0.3 is 0 Å². The van der Waals surface area contributed by atoms with E-state index in [0.29, 0.717) is 34.9 Å². The first kappa shape index (κ1) is 46.0. The first-order valence-corrected chi connectivity index (χ1v) is 25.8. The number of fused-ring (bicyclic) bond motifs is 2. The van der Waals surface area contributed by atoms with Crippen LogP contribution in [0.2, 0.25) is 0 Å². The number of rotatable bonds is 10. The summed E-state index contributed by atoms with van der Waals surface area (Å²) >= 11 is 0. The van der Waals surface area contributed by atoms with Crippen molar-refractivity contribution in [2.45, 2.75) is 24.7 Å². The number of aromatic nitrogens is 6. The Morgan fingerprint density at radius 1 is 0.211 bits per heavy atom. The monoisotopic (exact) mass is 974 g/mol. The maximum Gasteiger partial charge on any atom is 0.164 e. The van der Waals surface area contributed by atoms with Crippen molar-refractivity contribution < 1.29 is 0 Å². The van der Waals surface area contributed by atoms with Crippen LogP contribution in [0, 0.1) is 0 Å². The highest BCUT2D eigenvalue weighted by atomic mass is 15.0. The van der Waals surface area contributed by atoms with Crippen molar-refractivity contribution in [2.24, 2.45) is 0 Å². The average Bonchev–Trinajstić information content (AvgIpc) is 3.58. The minimum Gasteiger partial charge on any atom is -0.208 e. The highest BCUT2D eigenvalue weighted by Crippen LogP contribution is 2.56. The lowest BCUT2D eigenvalue weighted by atomic mass is 9.54. The van der Waals surface area contributed by atoms with Gasteiger partial charge in [-0.2, -0.15) is 0 Å². The van der Waals surface area contributed by atoms with E-state index in [9.17, 15) is 0 Å². The van der Waals surface area contributed by atoms with Gasteiger partial charge in [-0.05, 0) is 79.9 Å². The highest BCUT2D eigenvalue weighted by Gasteiger charge is 2.49. The molecule has 0 radical (unpaired) electrons. The predicted octanol–water partition coefficient (Wildman–Crippen LogP) is 16.4. The summed E-state index contributed by atoms with van der Waals surface area (Å²) in [6.45, 7) is 4.72. The summed E-state index contributed by atoms with van der Waals surface area (Å²) in [7, 11) is 0. The van der Waals surface area contributed by atoms with Crippen LogP contribution in [0.25, 0.3) is 90.6 Å². The van der Waals surface area contributed by atoms with Crippen molar-refractivity contribution in [3.63, 3.8) is 0 Å². The van der Waals surface area contributed by atoms with Gasteiger partial charge in [-0.15, -0.1) is 0 Å². The summed E-state index contributed by atoms with van der Waals surface area (Å²) in [5.74, 6) is 3.75. The third kappa shape index (κ3) is 8.27. The minimum absolute atomic E-state index is 0.266. The second-order valence-electron chi connectivity index (χ2n) is 19.9. The maximum atomic E-state index is 5.10. The fourth-order valence-corrected chi connectivity index (χ4v) is 11.2. The Balaban J connectivity index is 0.963. The van der Waals surface area contributed by atoms with Crippen molar-refractivity contribution >= 4 is 0 Å². The standard InChI is InChI=1S/C70H50N6/c1-69(2)59-39-15-17-41-61(59)70(62-42-18-16-40-60(62)69,57-37-21-33-53(45-57)51-31-19-35-55(43-51)67-73-63(47-23-7-3-8-24-47)71-64(74-67)48-25-9-4-10-26-48)58-38-22-34-54(46-58)52-32-20-36-56(44-52)68-75-65(49-27-11-5-12-28-49)72-66(76-68)50-29-13-6-14-30-50/h3-46H,1-2H3. The third-order valence-electron chi connectivity index (χ3n) is 14.9. The molecular weight excluding hydrogens is 925 g/mol. The van der Waals surface area contributed by atoms with Crippen LogP contribution in [0.3, 0.4) is 0 Å². The molecule has 0 aliphatic heterocycles. The van der Waals surface area contributed by atoms with Crippen LogP contribution in [-0.2, 0) is 10.8 Å². The number of hydrogen-bond acceptors (Lipinski definition) is 6. The van der Waals surface area contributed by atoms with E-state index >= 15 is 0 Å². The Kier molecular flexibility index (Phi) is 11.7. The molecule has 6 nitrogen and oxygen atoms in total. The van der Waals surface area contributed by atoms with E-state index in [0.717, 1.165) is 55.6 Å². The minimum atomic E-state index is -0.712. The molecule has 1 aliphatic carbocycles. The summed E-state index contributed by atoms with van der Waals surface area (Å²) < 4.78 is 0. The zero-order valence-electron chi connectivity index (χ0n) is 42.1. The second-order valence-corrected chi connectivity index (χ2v) is 19.9. The molecule has 12 aromatic rings. The van der Waals surface area contributed by atoms with Gasteiger partial charge in [0, 0.05) is 38.8 Å². The second kappa shape index (κ2) is 19.2. The Morgan fingerprint density at radius 2 is 0.447 bits per heavy atom. The summed E-state index contributed by atoms with van der Waals surface area (Å²) in [6, 6.07) is 94.1. The zero-order chi connectivity index (χ0) is 51.1. The van der Waals surface area contributed by atoms with Crippen LogP contribution >= 0.6 is 0 Å². The summed E-state index contributed by atoms with van der Waals surface area (Å²) in [6.07, 6.45) is 0. The van der Waals surface area contributed by atoms with Gasteiger partial charge in [-0.3, -0.25) is 0 Å². The third-order valence-corrected chi connectivity index (χ3v) is 14.9. The van der Waals surface area contributed by atoms with Gasteiger partial charge in [0.15, 0.2) is 34.9 Å². The van der Waals surface area contributed by atoms with E-state index in [1.807, 2.05) is 121 Å². The quantitative estimate of drug-likeness (QED) is 0.136. The lowest BCUT2D eigenvalue weighted by molar-refractivity contribution is 0.558. The maximum absolute atomic E-state index is 5.10. The van der Waals surface area contributed by atoms with Gasteiger partial charge in [-0.25, -0.2) is 29.9 Å². The Hall–Kier alpha value is -9.78. The Labute approximate surface area is 443 Å². The zero-order valence-corrected chi connectivity index (χ0v) is 42.1. The normalized spacial score (nSPS) is 13.1.